The van der Waals surface area contributed by atoms with Crippen LogP contribution in [0, 0.1) is 12.8 Å². The predicted molar refractivity (Wildman–Crippen MR) is 67.7 cm³/mol. The van der Waals surface area contributed by atoms with Crippen LogP contribution in [0.15, 0.2) is 18.3 Å². The fourth-order valence-corrected chi connectivity index (χ4v) is 2.41. The third kappa shape index (κ3) is 3.19. The van der Waals surface area contributed by atoms with Gasteiger partial charge in [-0.2, -0.15) is 0 Å². The first-order valence-electron chi connectivity index (χ1n) is 6.11. The number of pyridine rings is 1. The van der Waals surface area contributed by atoms with Crippen molar-refractivity contribution in [1.29, 1.82) is 0 Å². The number of carbonyl (C=O) groups excluding carboxylic acids is 1. The topological polar surface area (TPSA) is 59.2 Å². The first-order valence-corrected chi connectivity index (χ1v) is 6.11. The minimum absolute atomic E-state index is 0.178. The lowest BCUT2D eigenvalue weighted by atomic mass is 9.93. The summed E-state index contributed by atoms with van der Waals surface area (Å²) in [5.41, 5.74) is 7.50. The molecule has 2 heterocycles. The molecular weight excluding hydrogens is 214 g/mol. The molecule has 1 amide bonds. The van der Waals surface area contributed by atoms with E-state index in [9.17, 15) is 4.79 Å². The number of aromatic nitrogens is 1. The quantitative estimate of drug-likeness (QED) is 0.860. The van der Waals surface area contributed by atoms with Gasteiger partial charge in [-0.3, -0.25) is 9.78 Å². The number of nitrogens with zero attached hydrogens (tertiary/aromatic N) is 2. The van der Waals surface area contributed by atoms with Gasteiger partial charge in [0.1, 0.15) is 0 Å². The van der Waals surface area contributed by atoms with Crippen molar-refractivity contribution < 1.29 is 4.79 Å². The zero-order chi connectivity index (χ0) is 12.3. The molecule has 92 valence electrons. The average Bonchev–Trinajstić information content (AvgIpc) is 2.29. The van der Waals surface area contributed by atoms with Gasteiger partial charge in [-0.15, -0.1) is 0 Å². The van der Waals surface area contributed by atoms with E-state index in [0.29, 0.717) is 12.3 Å². The van der Waals surface area contributed by atoms with Gasteiger partial charge in [0.25, 0.3) is 0 Å². The molecule has 1 aliphatic heterocycles. The van der Waals surface area contributed by atoms with Gasteiger partial charge in [-0.25, -0.2) is 0 Å². The van der Waals surface area contributed by atoms with Gasteiger partial charge in [0.2, 0.25) is 5.91 Å². The van der Waals surface area contributed by atoms with Crippen LogP contribution in [0.3, 0.4) is 0 Å². The molecule has 0 bridgehead atoms. The van der Waals surface area contributed by atoms with Gasteiger partial charge in [0, 0.05) is 37.1 Å². The molecule has 1 fully saturated rings. The van der Waals surface area contributed by atoms with E-state index in [0.717, 1.165) is 31.6 Å². The van der Waals surface area contributed by atoms with Crippen molar-refractivity contribution in [1.82, 2.24) is 4.98 Å². The number of nitrogens with two attached hydrogens (primary N) is 1. The van der Waals surface area contributed by atoms with E-state index in [1.54, 1.807) is 0 Å². The third-order valence-electron chi connectivity index (χ3n) is 3.35. The Hall–Kier alpha value is -1.58. The summed E-state index contributed by atoms with van der Waals surface area (Å²) in [7, 11) is 0. The van der Waals surface area contributed by atoms with E-state index in [2.05, 4.69) is 16.0 Å². The van der Waals surface area contributed by atoms with Crippen molar-refractivity contribution in [3.63, 3.8) is 0 Å². The highest BCUT2D eigenvalue weighted by Crippen LogP contribution is 2.24. The summed E-state index contributed by atoms with van der Waals surface area (Å²) in [6.45, 7) is 4.01. The van der Waals surface area contributed by atoms with Crippen molar-refractivity contribution in [2.45, 2.75) is 26.2 Å². The van der Waals surface area contributed by atoms with Crippen LogP contribution in [0.25, 0.3) is 0 Å². The molecule has 4 nitrogen and oxygen atoms in total. The smallest absolute Gasteiger partial charge is 0.217 e. The number of carbonyl (C=O) groups is 1. The molecule has 0 spiro atoms. The van der Waals surface area contributed by atoms with Crippen molar-refractivity contribution in [2.75, 3.05) is 18.0 Å². The van der Waals surface area contributed by atoms with E-state index >= 15 is 0 Å². The summed E-state index contributed by atoms with van der Waals surface area (Å²) in [5.74, 6) is 0.287. The van der Waals surface area contributed by atoms with Crippen molar-refractivity contribution in [2.24, 2.45) is 11.7 Å². The SMILES string of the molecule is Cc1cc(N2CCC(CC(N)=O)CC2)ccn1. The maximum Gasteiger partial charge on any atom is 0.217 e. The number of rotatable bonds is 3. The molecule has 1 aliphatic rings. The van der Waals surface area contributed by atoms with Crippen molar-refractivity contribution >= 4 is 11.6 Å². The number of amides is 1. The van der Waals surface area contributed by atoms with Gasteiger partial charge in [0.15, 0.2) is 0 Å². The Labute approximate surface area is 102 Å². The zero-order valence-electron chi connectivity index (χ0n) is 10.2. The fourth-order valence-electron chi connectivity index (χ4n) is 2.41. The molecule has 1 aromatic rings. The lowest BCUT2D eigenvalue weighted by molar-refractivity contribution is -0.119. The van der Waals surface area contributed by atoms with Crippen LogP contribution in [-0.2, 0) is 4.79 Å². The van der Waals surface area contributed by atoms with Crippen LogP contribution in [0.5, 0.6) is 0 Å². The summed E-state index contributed by atoms with van der Waals surface area (Å²) >= 11 is 0. The van der Waals surface area contributed by atoms with Crippen LogP contribution in [0.4, 0.5) is 5.69 Å². The number of primary amides is 1. The zero-order valence-corrected chi connectivity index (χ0v) is 10.2. The molecule has 0 aromatic carbocycles. The number of hydrogen-bond donors (Lipinski definition) is 1. The summed E-state index contributed by atoms with van der Waals surface area (Å²) in [4.78, 5) is 17.4. The average molecular weight is 233 g/mol. The second-order valence-corrected chi connectivity index (χ2v) is 4.76. The molecule has 17 heavy (non-hydrogen) atoms. The lowest BCUT2D eigenvalue weighted by Gasteiger charge is -2.33. The van der Waals surface area contributed by atoms with Crippen molar-refractivity contribution in [3.05, 3.63) is 24.0 Å². The largest absolute Gasteiger partial charge is 0.371 e. The molecule has 0 saturated carbocycles. The Morgan fingerprint density at radius 1 is 1.53 bits per heavy atom. The van der Waals surface area contributed by atoms with Gasteiger partial charge < -0.3 is 10.6 Å². The molecule has 1 saturated heterocycles. The molecule has 0 radical (unpaired) electrons. The van der Waals surface area contributed by atoms with E-state index < -0.39 is 0 Å². The van der Waals surface area contributed by atoms with Crippen LogP contribution in [-0.4, -0.2) is 24.0 Å². The summed E-state index contributed by atoms with van der Waals surface area (Å²) in [6.07, 6.45) is 4.47. The molecule has 0 aliphatic carbocycles. The van der Waals surface area contributed by atoms with E-state index in [1.165, 1.54) is 5.69 Å². The Bertz CT molecular complexity index is 397. The molecule has 1 aromatic heterocycles. The first kappa shape index (κ1) is 11.9. The maximum atomic E-state index is 10.9. The Morgan fingerprint density at radius 2 is 2.24 bits per heavy atom. The van der Waals surface area contributed by atoms with Crippen LogP contribution < -0.4 is 10.6 Å². The van der Waals surface area contributed by atoms with E-state index in [4.69, 9.17) is 5.73 Å². The molecule has 0 unspecified atom stereocenters. The van der Waals surface area contributed by atoms with E-state index in [1.807, 2.05) is 19.2 Å². The highest BCUT2D eigenvalue weighted by molar-refractivity contribution is 5.74. The third-order valence-corrected chi connectivity index (χ3v) is 3.35. The van der Waals surface area contributed by atoms with Crippen LogP contribution >= 0.6 is 0 Å². The fraction of sp³-hybridized carbons (Fsp3) is 0.538. The maximum absolute atomic E-state index is 10.9. The number of hydrogen-bond acceptors (Lipinski definition) is 3. The molecule has 4 heteroatoms. The summed E-state index contributed by atoms with van der Waals surface area (Å²) in [6, 6.07) is 4.15. The molecular formula is C13H19N3O. The summed E-state index contributed by atoms with van der Waals surface area (Å²) in [5, 5.41) is 0. The molecule has 0 atom stereocenters. The molecule has 2 rings (SSSR count). The van der Waals surface area contributed by atoms with Crippen LogP contribution in [0.1, 0.15) is 25.0 Å². The highest BCUT2D eigenvalue weighted by Gasteiger charge is 2.20. The van der Waals surface area contributed by atoms with Crippen LogP contribution in [0.2, 0.25) is 0 Å². The number of anilines is 1. The molecule has 2 N–H and O–H groups in total. The monoisotopic (exact) mass is 233 g/mol. The lowest BCUT2D eigenvalue weighted by Crippen LogP contribution is -2.35. The predicted octanol–water partition coefficient (Wildman–Crippen LogP) is 1.48. The Morgan fingerprint density at radius 3 is 2.82 bits per heavy atom. The van der Waals surface area contributed by atoms with Crippen molar-refractivity contribution in [3.8, 4) is 0 Å². The Balaban J connectivity index is 1.93. The van der Waals surface area contributed by atoms with Gasteiger partial charge in [-0.05, 0) is 37.8 Å². The standard InChI is InChI=1S/C13H19N3O/c1-10-8-12(2-5-15-10)16-6-3-11(4-7-16)9-13(14)17/h2,5,8,11H,3-4,6-7,9H2,1H3,(H2,14,17). The minimum Gasteiger partial charge on any atom is -0.371 e. The van der Waals surface area contributed by atoms with Gasteiger partial charge >= 0.3 is 0 Å². The minimum atomic E-state index is -0.178. The normalized spacial score (nSPS) is 17.1. The highest BCUT2D eigenvalue weighted by atomic mass is 16.1. The second-order valence-electron chi connectivity index (χ2n) is 4.76. The first-order chi connectivity index (χ1) is 8.15. The Kier molecular flexibility index (Phi) is 3.61. The number of piperidine rings is 1. The number of aryl methyl sites for hydroxylation is 1. The second kappa shape index (κ2) is 5.17. The van der Waals surface area contributed by atoms with Gasteiger partial charge in [0.05, 0.1) is 0 Å². The van der Waals surface area contributed by atoms with E-state index in [-0.39, 0.29) is 5.91 Å². The summed E-state index contributed by atoms with van der Waals surface area (Å²) < 4.78 is 0. The van der Waals surface area contributed by atoms with Gasteiger partial charge in [-0.1, -0.05) is 0 Å².